The molecule has 0 aromatic rings. The summed E-state index contributed by atoms with van der Waals surface area (Å²) < 4.78 is 5.81. The quantitative estimate of drug-likeness (QED) is 0.563. The highest BCUT2D eigenvalue weighted by atomic mass is 35.5. The van der Waals surface area contributed by atoms with Gasteiger partial charge in [0.1, 0.15) is 11.0 Å². The summed E-state index contributed by atoms with van der Waals surface area (Å²) in [6, 6.07) is 0. The van der Waals surface area contributed by atoms with Crippen LogP contribution in [0.25, 0.3) is 0 Å². The number of rotatable bonds is 0. The van der Waals surface area contributed by atoms with Crippen molar-refractivity contribution in [3.8, 4) is 0 Å². The van der Waals surface area contributed by atoms with E-state index in [2.05, 4.69) is 0 Å². The van der Waals surface area contributed by atoms with E-state index in [1.165, 1.54) is 0 Å². The Balaban J connectivity index is 2.39. The van der Waals surface area contributed by atoms with Crippen molar-refractivity contribution in [2.24, 2.45) is 5.92 Å². The van der Waals surface area contributed by atoms with E-state index < -0.39 is 5.60 Å². The summed E-state index contributed by atoms with van der Waals surface area (Å²) in [5.41, 5.74) is -0.863. The molecule has 2 aliphatic heterocycles. The van der Waals surface area contributed by atoms with Crippen molar-refractivity contribution >= 4 is 17.4 Å². The zero-order chi connectivity index (χ0) is 9.85. The fourth-order valence-corrected chi connectivity index (χ4v) is 3.29. The summed E-state index contributed by atoms with van der Waals surface area (Å²) in [5, 5.41) is -0.345. The van der Waals surface area contributed by atoms with Crippen molar-refractivity contribution in [1.29, 1.82) is 0 Å². The van der Waals surface area contributed by atoms with Crippen molar-refractivity contribution in [1.82, 2.24) is 0 Å². The van der Waals surface area contributed by atoms with E-state index >= 15 is 0 Å². The molecule has 1 aliphatic carbocycles. The lowest BCUT2D eigenvalue weighted by molar-refractivity contribution is -0.219. The first-order valence-corrected chi connectivity index (χ1v) is 5.19. The summed E-state index contributed by atoms with van der Waals surface area (Å²) in [7, 11) is 0. The summed E-state index contributed by atoms with van der Waals surface area (Å²) in [5.74, 6) is 0.258. The molecule has 3 unspecified atom stereocenters. The highest BCUT2D eigenvalue weighted by Crippen LogP contribution is 2.49. The van der Waals surface area contributed by atoms with Gasteiger partial charge in [0.15, 0.2) is 5.78 Å². The molecule has 3 fully saturated rings. The van der Waals surface area contributed by atoms with Crippen LogP contribution in [-0.2, 0) is 9.53 Å². The number of alkyl halides is 1. The van der Waals surface area contributed by atoms with Gasteiger partial charge in [-0.15, -0.1) is 11.6 Å². The molecule has 2 heterocycles. The van der Waals surface area contributed by atoms with E-state index in [0.29, 0.717) is 0 Å². The van der Waals surface area contributed by atoms with Gasteiger partial charge in [0.05, 0.1) is 5.60 Å². The Labute approximate surface area is 83.6 Å². The van der Waals surface area contributed by atoms with E-state index in [4.69, 9.17) is 16.3 Å². The normalized spacial score (nSPS) is 48.2. The molecular weight excluding hydrogens is 188 g/mol. The first kappa shape index (κ1) is 9.47. The topological polar surface area (TPSA) is 26.3 Å². The molecule has 2 saturated heterocycles. The molecule has 13 heavy (non-hydrogen) atoms. The smallest absolute Gasteiger partial charge is 0.182 e. The third-order valence-electron chi connectivity index (χ3n) is 3.44. The molecule has 3 rings (SSSR count). The van der Waals surface area contributed by atoms with Crippen LogP contribution in [0.5, 0.6) is 0 Å². The lowest BCUT2D eigenvalue weighted by atomic mass is 9.68. The maximum Gasteiger partial charge on any atom is 0.182 e. The fraction of sp³-hybridized carbons (Fsp3) is 0.900. The summed E-state index contributed by atoms with van der Waals surface area (Å²) >= 11 is 6.11. The molecular formula is C10H15ClO2. The van der Waals surface area contributed by atoms with Gasteiger partial charge in [-0.05, 0) is 33.6 Å². The average Bonchev–Trinajstić information content (AvgIpc) is 1.97. The van der Waals surface area contributed by atoms with E-state index in [1.807, 2.05) is 20.8 Å². The molecule has 3 atom stereocenters. The second kappa shape index (κ2) is 2.48. The van der Waals surface area contributed by atoms with Crippen molar-refractivity contribution < 1.29 is 9.53 Å². The second-order valence-electron chi connectivity index (χ2n) is 4.85. The average molecular weight is 203 g/mol. The van der Waals surface area contributed by atoms with Crippen LogP contribution in [0.4, 0.5) is 0 Å². The van der Waals surface area contributed by atoms with Crippen LogP contribution in [0, 0.1) is 5.92 Å². The molecule has 74 valence electrons. The lowest BCUT2D eigenvalue weighted by Gasteiger charge is -2.54. The van der Waals surface area contributed by atoms with Crippen LogP contribution in [0.3, 0.4) is 0 Å². The number of hydrogen-bond donors (Lipinski definition) is 0. The predicted molar refractivity (Wildman–Crippen MR) is 50.9 cm³/mol. The Kier molecular flexibility index (Phi) is 1.81. The van der Waals surface area contributed by atoms with Gasteiger partial charge in [-0.25, -0.2) is 0 Å². The third kappa shape index (κ3) is 1.15. The summed E-state index contributed by atoms with van der Waals surface area (Å²) in [6.45, 7) is 5.91. The lowest BCUT2D eigenvalue weighted by Crippen LogP contribution is -2.64. The molecule has 0 amide bonds. The molecule has 0 radical (unpaired) electrons. The van der Waals surface area contributed by atoms with Gasteiger partial charge in [0.2, 0.25) is 0 Å². The number of ketones is 1. The Morgan fingerprint density at radius 2 is 2.08 bits per heavy atom. The summed E-state index contributed by atoms with van der Waals surface area (Å²) in [6.07, 6.45) is 1.83. The van der Waals surface area contributed by atoms with Crippen molar-refractivity contribution in [2.75, 3.05) is 0 Å². The van der Waals surface area contributed by atoms with Gasteiger partial charge in [0.25, 0.3) is 0 Å². The molecule has 0 spiro atoms. The van der Waals surface area contributed by atoms with Crippen LogP contribution >= 0.6 is 11.6 Å². The maximum atomic E-state index is 11.7. The monoisotopic (exact) mass is 202 g/mol. The highest BCUT2D eigenvalue weighted by Gasteiger charge is 2.58. The number of carbonyl (C=O) groups excluding carboxylic acids is 1. The number of fused-ring (bicyclic) bond motifs is 3. The number of Topliss-reactive ketones (excluding diaryl/α,β-unsaturated/α-hetero) is 1. The fourth-order valence-electron chi connectivity index (χ4n) is 2.63. The molecule has 2 bridgehead atoms. The maximum absolute atomic E-state index is 11.7. The van der Waals surface area contributed by atoms with Crippen molar-refractivity contribution in [2.45, 2.75) is 50.2 Å². The van der Waals surface area contributed by atoms with E-state index in [1.54, 1.807) is 0 Å². The zero-order valence-electron chi connectivity index (χ0n) is 8.26. The Morgan fingerprint density at radius 3 is 2.54 bits per heavy atom. The SMILES string of the molecule is CC12CCC(C(Cl)C1=O)C(C)(C)O2. The van der Waals surface area contributed by atoms with Gasteiger partial charge in [-0.3, -0.25) is 4.79 Å². The minimum Gasteiger partial charge on any atom is -0.361 e. The minimum absolute atomic E-state index is 0.0738. The molecule has 3 aliphatic rings. The summed E-state index contributed by atoms with van der Waals surface area (Å²) in [4.78, 5) is 11.7. The van der Waals surface area contributed by atoms with Gasteiger partial charge in [-0.2, -0.15) is 0 Å². The van der Waals surface area contributed by atoms with Crippen molar-refractivity contribution in [3.63, 3.8) is 0 Å². The van der Waals surface area contributed by atoms with Crippen LogP contribution < -0.4 is 0 Å². The van der Waals surface area contributed by atoms with Crippen LogP contribution in [0.2, 0.25) is 0 Å². The largest absolute Gasteiger partial charge is 0.361 e. The number of ether oxygens (including phenoxy) is 1. The van der Waals surface area contributed by atoms with Gasteiger partial charge < -0.3 is 4.74 Å². The van der Waals surface area contributed by atoms with E-state index in [9.17, 15) is 4.79 Å². The Morgan fingerprint density at radius 1 is 1.46 bits per heavy atom. The standard InChI is InChI=1S/C10H15ClO2/c1-9(2)6-4-5-10(3,13-9)8(12)7(6)11/h6-7H,4-5H2,1-3H3. The Hall–Kier alpha value is -0.0800. The van der Waals surface area contributed by atoms with Crippen LogP contribution in [0.1, 0.15) is 33.6 Å². The van der Waals surface area contributed by atoms with E-state index in [-0.39, 0.29) is 22.7 Å². The molecule has 1 saturated carbocycles. The number of carbonyl (C=O) groups is 1. The first-order chi connectivity index (χ1) is 5.87. The first-order valence-electron chi connectivity index (χ1n) is 4.75. The highest BCUT2D eigenvalue weighted by molar-refractivity contribution is 6.33. The minimum atomic E-state index is -0.620. The van der Waals surface area contributed by atoms with Gasteiger partial charge >= 0.3 is 0 Å². The van der Waals surface area contributed by atoms with Crippen molar-refractivity contribution in [3.05, 3.63) is 0 Å². The van der Waals surface area contributed by atoms with Gasteiger partial charge in [0, 0.05) is 5.92 Å². The van der Waals surface area contributed by atoms with Gasteiger partial charge in [-0.1, -0.05) is 0 Å². The number of halogens is 1. The number of hydrogen-bond acceptors (Lipinski definition) is 2. The molecule has 0 aromatic carbocycles. The van der Waals surface area contributed by atoms with Crippen LogP contribution in [0.15, 0.2) is 0 Å². The molecule has 0 aromatic heterocycles. The second-order valence-corrected chi connectivity index (χ2v) is 5.32. The predicted octanol–water partition coefficient (Wildman–Crippen LogP) is 2.14. The molecule has 0 N–H and O–H groups in total. The van der Waals surface area contributed by atoms with Crippen LogP contribution in [-0.4, -0.2) is 22.4 Å². The molecule has 2 nitrogen and oxygen atoms in total. The van der Waals surface area contributed by atoms with E-state index in [0.717, 1.165) is 12.8 Å². The Bertz CT molecular complexity index is 262. The zero-order valence-corrected chi connectivity index (χ0v) is 9.02. The third-order valence-corrected chi connectivity index (χ3v) is 3.94. The molecule has 3 heteroatoms.